The van der Waals surface area contributed by atoms with Crippen molar-refractivity contribution in [2.75, 3.05) is 6.54 Å². The third-order valence-electron chi connectivity index (χ3n) is 3.05. The number of unbranched alkanes of at least 4 members (excludes halogenated alkanes) is 2. The third kappa shape index (κ3) is 6.39. The minimum atomic E-state index is 0.401. The molecule has 0 aromatic heterocycles. The Morgan fingerprint density at radius 2 is 1.71 bits per heavy atom. The normalized spacial score (nSPS) is 15.4. The zero-order valence-electron chi connectivity index (χ0n) is 9.97. The van der Waals surface area contributed by atoms with Crippen molar-refractivity contribution in [3.05, 3.63) is 0 Å². The Labute approximate surface area is 89.4 Å². The van der Waals surface area contributed by atoms with Gasteiger partial charge < -0.3 is 11.5 Å². The lowest BCUT2D eigenvalue weighted by molar-refractivity contribution is 0.349. The maximum atomic E-state index is 6.17. The minimum Gasteiger partial charge on any atom is -0.330 e. The van der Waals surface area contributed by atoms with Crippen molar-refractivity contribution in [1.29, 1.82) is 0 Å². The largest absolute Gasteiger partial charge is 0.330 e. The van der Waals surface area contributed by atoms with Crippen LogP contribution < -0.4 is 11.5 Å². The van der Waals surface area contributed by atoms with Crippen LogP contribution in [0, 0.1) is 5.92 Å². The summed E-state index contributed by atoms with van der Waals surface area (Å²) in [7, 11) is 0. The Morgan fingerprint density at radius 1 is 1.00 bits per heavy atom. The first-order valence-corrected chi connectivity index (χ1v) is 6.21. The Kier molecular flexibility index (Phi) is 9.42. The fourth-order valence-corrected chi connectivity index (χ4v) is 1.95. The standard InChI is InChI=1S/C12H28N2/c1-3-5-8-11(4-2)12(14)9-6-7-10-13/h11-12H,3-10,13-14H2,1-2H3. The maximum Gasteiger partial charge on any atom is 0.00670 e. The topological polar surface area (TPSA) is 52.0 Å². The van der Waals surface area contributed by atoms with Crippen molar-refractivity contribution >= 4 is 0 Å². The van der Waals surface area contributed by atoms with Gasteiger partial charge in [-0.05, 0) is 31.7 Å². The van der Waals surface area contributed by atoms with Crippen LogP contribution in [0.5, 0.6) is 0 Å². The number of nitrogens with two attached hydrogens (primary N) is 2. The van der Waals surface area contributed by atoms with Crippen molar-refractivity contribution in [3.8, 4) is 0 Å². The molecule has 0 saturated carbocycles. The van der Waals surface area contributed by atoms with Gasteiger partial charge in [0.15, 0.2) is 0 Å². The molecule has 0 amide bonds. The lowest BCUT2D eigenvalue weighted by Gasteiger charge is -2.22. The lowest BCUT2D eigenvalue weighted by atomic mass is 9.89. The third-order valence-corrected chi connectivity index (χ3v) is 3.05. The van der Waals surface area contributed by atoms with Crippen LogP contribution >= 0.6 is 0 Å². The molecule has 0 fully saturated rings. The average Bonchev–Trinajstić information content (AvgIpc) is 2.19. The summed E-state index contributed by atoms with van der Waals surface area (Å²) in [6.07, 6.45) is 8.60. The molecule has 0 aromatic carbocycles. The highest BCUT2D eigenvalue weighted by molar-refractivity contribution is 4.71. The quantitative estimate of drug-likeness (QED) is 0.562. The molecule has 0 aliphatic rings. The Morgan fingerprint density at radius 3 is 2.21 bits per heavy atom. The molecule has 14 heavy (non-hydrogen) atoms. The summed E-state index contributed by atoms with van der Waals surface area (Å²) in [4.78, 5) is 0. The van der Waals surface area contributed by atoms with Crippen molar-refractivity contribution < 1.29 is 0 Å². The molecule has 2 unspecified atom stereocenters. The van der Waals surface area contributed by atoms with Crippen molar-refractivity contribution in [2.24, 2.45) is 17.4 Å². The molecule has 86 valence electrons. The number of hydrogen-bond donors (Lipinski definition) is 2. The van der Waals surface area contributed by atoms with E-state index in [4.69, 9.17) is 11.5 Å². The number of rotatable bonds is 9. The zero-order chi connectivity index (χ0) is 10.8. The van der Waals surface area contributed by atoms with Gasteiger partial charge in [-0.3, -0.25) is 0 Å². The first-order valence-electron chi connectivity index (χ1n) is 6.21. The molecule has 0 aliphatic heterocycles. The zero-order valence-corrected chi connectivity index (χ0v) is 9.97. The van der Waals surface area contributed by atoms with Crippen LogP contribution in [0.2, 0.25) is 0 Å². The Hall–Kier alpha value is -0.0800. The number of hydrogen-bond acceptors (Lipinski definition) is 2. The Bertz CT molecular complexity index is 115. The predicted molar refractivity (Wildman–Crippen MR) is 64.2 cm³/mol. The first-order chi connectivity index (χ1) is 6.76. The second kappa shape index (κ2) is 9.47. The van der Waals surface area contributed by atoms with E-state index in [0.29, 0.717) is 6.04 Å². The van der Waals surface area contributed by atoms with E-state index in [1.165, 1.54) is 32.1 Å². The summed E-state index contributed by atoms with van der Waals surface area (Å²) in [5.74, 6) is 0.729. The van der Waals surface area contributed by atoms with Crippen molar-refractivity contribution in [2.45, 2.75) is 64.8 Å². The summed E-state index contributed by atoms with van der Waals surface area (Å²) in [5, 5.41) is 0. The molecule has 0 radical (unpaired) electrons. The first kappa shape index (κ1) is 13.9. The SMILES string of the molecule is CCCCC(CC)C(N)CCCCN. The summed E-state index contributed by atoms with van der Waals surface area (Å²) < 4.78 is 0. The molecule has 2 atom stereocenters. The van der Waals surface area contributed by atoms with Crippen LogP contribution in [0.1, 0.15) is 58.8 Å². The highest BCUT2D eigenvalue weighted by Gasteiger charge is 2.14. The summed E-state index contributed by atoms with van der Waals surface area (Å²) in [6.45, 7) is 5.30. The van der Waals surface area contributed by atoms with Crippen LogP contribution in [0.25, 0.3) is 0 Å². The van der Waals surface area contributed by atoms with Crippen LogP contribution in [0.4, 0.5) is 0 Å². The van der Waals surface area contributed by atoms with Gasteiger partial charge in [-0.15, -0.1) is 0 Å². The molecule has 0 spiro atoms. The second-order valence-electron chi connectivity index (χ2n) is 4.26. The molecule has 0 aromatic rings. The van der Waals surface area contributed by atoms with Crippen molar-refractivity contribution in [3.63, 3.8) is 0 Å². The van der Waals surface area contributed by atoms with Gasteiger partial charge in [0.25, 0.3) is 0 Å². The smallest absolute Gasteiger partial charge is 0.00670 e. The van der Waals surface area contributed by atoms with E-state index < -0.39 is 0 Å². The van der Waals surface area contributed by atoms with Gasteiger partial charge in [-0.25, -0.2) is 0 Å². The van der Waals surface area contributed by atoms with Crippen LogP contribution in [0.3, 0.4) is 0 Å². The molecule has 0 rings (SSSR count). The van der Waals surface area contributed by atoms with E-state index >= 15 is 0 Å². The summed E-state index contributed by atoms with van der Waals surface area (Å²) >= 11 is 0. The fraction of sp³-hybridized carbons (Fsp3) is 1.00. The molecule has 0 aliphatic carbocycles. The molecule has 0 saturated heterocycles. The second-order valence-corrected chi connectivity index (χ2v) is 4.26. The Balaban J connectivity index is 3.61. The van der Waals surface area contributed by atoms with Gasteiger partial charge in [0.1, 0.15) is 0 Å². The van der Waals surface area contributed by atoms with Gasteiger partial charge in [0, 0.05) is 6.04 Å². The summed E-state index contributed by atoms with van der Waals surface area (Å²) in [5.41, 5.74) is 11.6. The van der Waals surface area contributed by atoms with Crippen LogP contribution in [0.15, 0.2) is 0 Å². The molecule has 2 heteroatoms. The molecular formula is C12H28N2. The molecule has 4 N–H and O–H groups in total. The summed E-state index contributed by atoms with van der Waals surface area (Å²) in [6, 6.07) is 0.401. The van der Waals surface area contributed by atoms with Gasteiger partial charge in [-0.1, -0.05) is 39.5 Å². The molecule has 0 heterocycles. The van der Waals surface area contributed by atoms with E-state index in [0.717, 1.165) is 25.3 Å². The maximum absolute atomic E-state index is 6.17. The highest BCUT2D eigenvalue weighted by Crippen LogP contribution is 2.18. The average molecular weight is 200 g/mol. The van der Waals surface area contributed by atoms with Gasteiger partial charge >= 0.3 is 0 Å². The fourth-order valence-electron chi connectivity index (χ4n) is 1.95. The highest BCUT2D eigenvalue weighted by atomic mass is 14.6. The van der Waals surface area contributed by atoms with Crippen LogP contribution in [-0.2, 0) is 0 Å². The van der Waals surface area contributed by atoms with E-state index in [2.05, 4.69) is 13.8 Å². The predicted octanol–water partition coefficient (Wildman–Crippen LogP) is 2.66. The lowest BCUT2D eigenvalue weighted by Crippen LogP contribution is -2.29. The minimum absolute atomic E-state index is 0.401. The molecule has 2 nitrogen and oxygen atoms in total. The van der Waals surface area contributed by atoms with E-state index in [9.17, 15) is 0 Å². The van der Waals surface area contributed by atoms with Gasteiger partial charge in [0.05, 0.1) is 0 Å². The van der Waals surface area contributed by atoms with Gasteiger partial charge in [0.2, 0.25) is 0 Å². The monoisotopic (exact) mass is 200 g/mol. The van der Waals surface area contributed by atoms with E-state index in [1.54, 1.807) is 0 Å². The van der Waals surface area contributed by atoms with Crippen molar-refractivity contribution in [1.82, 2.24) is 0 Å². The molecule has 0 bridgehead atoms. The van der Waals surface area contributed by atoms with E-state index in [1.807, 2.05) is 0 Å². The van der Waals surface area contributed by atoms with E-state index in [-0.39, 0.29) is 0 Å². The van der Waals surface area contributed by atoms with Crippen LogP contribution in [-0.4, -0.2) is 12.6 Å². The van der Waals surface area contributed by atoms with Gasteiger partial charge in [-0.2, -0.15) is 0 Å². The molecular weight excluding hydrogens is 172 g/mol.